The fourth-order valence-electron chi connectivity index (χ4n) is 2.75. The average Bonchev–Trinajstić information content (AvgIpc) is 2.98. The molecule has 0 aliphatic heterocycles. The number of carboxylic acids is 1. The van der Waals surface area contributed by atoms with Crippen molar-refractivity contribution in [2.75, 3.05) is 6.61 Å². The molecule has 0 spiro atoms. The van der Waals surface area contributed by atoms with Crippen LogP contribution < -0.4 is 0 Å². The van der Waals surface area contributed by atoms with Crippen LogP contribution in [0.1, 0.15) is 28.5 Å². The molecule has 3 rings (SSSR count). The van der Waals surface area contributed by atoms with Gasteiger partial charge in [0, 0.05) is 16.5 Å². The highest BCUT2D eigenvalue weighted by molar-refractivity contribution is 6.43. The van der Waals surface area contributed by atoms with Gasteiger partial charge in [-0.25, -0.2) is 9.59 Å². The summed E-state index contributed by atoms with van der Waals surface area (Å²) in [5.74, 6) is -1.71. The second kappa shape index (κ2) is 7.86. The molecule has 0 radical (unpaired) electrons. The normalized spacial score (nSPS) is 11.6. The summed E-state index contributed by atoms with van der Waals surface area (Å²) in [6.45, 7) is 1.87. The molecule has 27 heavy (non-hydrogen) atoms. The van der Waals surface area contributed by atoms with Crippen LogP contribution in [0.5, 0.6) is 0 Å². The van der Waals surface area contributed by atoms with Crippen LogP contribution in [0.25, 0.3) is 22.6 Å². The smallest absolute Gasteiger partial charge is 0.355 e. The number of aromatic nitrogens is 1. The van der Waals surface area contributed by atoms with E-state index in [1.54, 1.807) is 49.4 Å². The molecule has 0 saturated heterocycles. The Morgan fingerprint density at radius 3 is 2.44 bits per heavy atom. The van der Waals surface area contributed by atoms with Crippen LogP contribution in [-0.4, -0.2) is 28.6 Å². The molecule has 3 aromatic rings. The van der Waals surface area contributed by atoms with Crippen LogP contribution in [0.2, 0.25) is 10.0 Å². The Morgan fingerprint density at radius 1 is 1.15 bits per heavy atom. The third-order valence-corrected chi connectivity index (χ3v) is 4.69. The molecule has 2 N–H and O–H groups in total. The lowest BCUT2D eigenvalue weighted by Gasteiger charge is -2.05. The topological polar surface area (TPSA) is 79.4 Å². The number of hydrogen-bond acceptors (Lipinski definition) is 3. The van der Waals surface area contributed by atoms with E-state index in [1.807, 2.05) is 0 Å². The van der Waals surface area contributed by atoms with Crippen molar-refractivity contribution in [3.05, 3.63) is 69.3 Å². The number of fused-ring (bicyclic) bond motifs is 1. The van der Waals surface area contributed by atoms with Gasteiger partial charge in [0.2, 0.25) is 0 Å². The van der Waals surface area contributed by atoms with Crippen LogP contribution in [0.15, 0.2) is 42.5 Å². The second-order valence-corrected chi connectivity index (χ2v) is 6.49. The highest BCUT2D eigenvalue weighted by atomic mass is 35.5. The van der Waals surface area contributed by atoms with Crippen molar-refractivity contribution in [2.45, 2.75) is 6.92 Å². The summed E-state index contributed by atoms with van der Waals surface area (Å²) in [5.41, 5.74) is 1.61. The van der Waals surface area contributed by atoms with Crippen LogP contribution in [0, 0.1) is 0 Å². The molecule has 0 amide bonds. The fourth-order valence-corrected chi connectivity index (χ4v) is 3.08. The zero-order valence-corrected chi connectivity index (χ0v) is 15.8. The van der Waals surface area contributed by atoms with Crippen LogP contribution >= 0.6 is 23.2 Å². The van der Waals surface area contributed by atoms with E-state index in [0.29, 0.717) is 32.1 Å². The number of ether oxygens (including phenoxy) is 1. The number of H-pyrrole nitrogens is 1. The van der Waals surface area contributed by atoms with Crippen molar-refractivity contribution in [2.24, 2.45) is 0 Å². The van der Waals surface area contributed by atoms with Crippen molar-refractivity contribution >= 4 is 57.7 Å². The average molecular weight is 404 g/mol. The maximum atomic E-state index is 12.4. The lowest BCUT2D eigenvalue weighted by atomic mass is 10.0. The Morgan fingerprint density at radius 2 is 1.81 bits per heavy atom. The molecule has 5 nitrogen and oxygen atoms in total. The van der Waals surface area contributed by atoms with E-state index in [4.69, 9.17) is 27.9 Å². The summed E-state index contributed by atoms with van der Waals surface area (Å²) in [4.78, 5) is 27.2. The SMILES string of the molecule is CCOC(=O)c1[nH]c2cc(Cl)c(Cl)cc2c1C=C(C(=O)O)c1ccccc1. The molecule has 2 aromatic carbocycles. The van der Waals surface area contributed by atoms with E-state index in [1.165, 1.54) is 6.08 Å². The summed E-state index contributed by atoms with van der Waals surface area (Å²) < 4.78 is 5.09. The maximum Gasteiger partial charge on any atom is 0.355 e. The van der Waals surface area contributed by atoms with Gasteiger partial charge >= 0.3 is 11.9 Å². The number of hydrogen-bond donors (Lipinski definition) is 2. The molecule has 1 heterocycles. The third-order valence-electron chi connectivity index (χ3n) is 3.96. The second-order valence-electron chi connectivity index (χ2n) is 5.68. The van der Waals surface area contributed by atoms with Gasteiger partial charge in [-0.1, -0.05) is 53.5 Å². The van der Waals surface area contributed by atoms with E-state index >= 15 is 0 Å². The van der Waals surface area contributed by atoms with Crippen molar-refractivity contribution in [3.8, 4) is 0 Å². The molecule has 0 bridgehead atoms. The van der Waals surface area contributed by atoms with E-state index in [2.05, 4.69) is 4.98 Å². The first-order valence-electron chi connectivity index (χ1n) is 8.10. The number of aliphatic carboxylic acids is 1. The van der Waals surface area contributed by atoms with Crippen molar-refractivity contribution in [1.82, 2.24) is 4.98 Å². The van der Waals surface area contributed by atoms with E-state index < -0.39 is 11.9 Å². The molecule has 1 aromatic heterocycles. The van der Waals surface area contributed by atoms with Crippen LogP contribution in [0.4, 0.5) is 0 Å². The molecular weight excluding hydrogens is 389 g/mol. The van der Waals surface area contributed by atoms with Crippen molar-refractivity contribution < 1.29 is 19.4 Å². The first-order valence-corrected chi connectivity index (χ1v) is 8.86. The highest BCUT2D eigenvalue weighted by Gasteiger charge is 2.21. The highest BCUT2D eigenvalue weighted by Crippen LogP contribution is 2.33. The first-order chi connectivity index (χ1) is 12.9. The minimum Gasteiger partial charge on any atom is -0.478 e. The Labute approximate surface area is 165 Å². The zero-order chi connectivity index (χ0) is 19.6. The van der Waals surface area contributed by atoms with Gasteiger partial charge in [-0.2, -0.15) is 0 Å². The summed E-state index contributed by atoms with van der Waals surface area (Å²) >= 11 is 12.2. The zero-order valence-electron chi connectivity index (χ0n) is 14.3. The summed E-state index contributed by atoms with van der Waals surface area (Å²) in [7, 11) is 0. The van der Waals surface area contributed by atoms with E-state index in [9.17, 15) is 14.7 Å². The van der Waals surface area contributed by atoms with Crippen molar-refractivity contribution in [3.63, 3.8) is 0 Å². The lowest BCUT2D eigenvalue weighted by molar-refractivity contribution is -0.130. The molecule has 0 atom stereocenters. The number of halogens is 2. The Hall–Kier alpha value is -2.76. The monoisotopic (exact) mass is 403 g/mol. The number of carboxylic acid groups (broad SMARTS) is 1. The number of rotatable bonds is 5. The molecule has 138 valence electrons. The fraction of sp³-hybridized carbons (Fsp3) is 0.100. The minimum atomic E-state index is -1.12. The third kappa shape index (κ3) is 3.84. The first kappa shape index (κ1) is 19.0. The van der Waals surface area contributed by atoms with Gasteiger partial charge in [0.25, 0.3) is 0 Å². The van der Waals surface area contributed by atoms with Gasteiger partial charge in [0.1, 0.15) is 5.69 Å². The van der Waals surface area contributed by atoms with Gasteiger partial charge < -0.3 is 14.8 Å². The van der Waals surface area contributed by atoms with Crippen LogP contribution in [0.3, 0.4) is 0 Å². The van der Waals surface area contributed by atoms with Crippen LogP contribution in [-0.2, 0) is 9.53 Å². The quantitative estimate of drug-likeness (QED) is 0.448. The maximum absolute atomic E-state index is 12.4. The number of aromatic amines is 1. The number of nitrogens with one attached hydrogen (secondary N) is 1. The number of carbonyl (C=O) groups excluding carboxylic acids is 1. The Balaban J connectivity index is 2.30. The van der Waals surface area contributed by atoms with E-state index in [0.717, 1.165) is 0 Å². The van der Waals surface area contributed by atoms with Crippen molar-refractivity contribution in [1.29, 1.82) is 0 Å². The molecule has 0 unspecified atom stereocenters. The predicted molar refractivity (Wildman–Crippen MR) is 106 cm³/mol. The molecule has 0 aliphatic carbocycles. The molecule has 7 heteroatoms. The summed E-state index contributed by atoms with van der Waals surface area (Å²) in [5, 5.41) is 10.9. The van der Waals surface area contributed by atoms with Gasteiger partial charge in [-0.15, -0.1) is 0 Å². The lowest BCUT2D eigenvalue weighted by Crippen LogP contribution is -2.07. The predicted octanol–water partition coefficient (Wildman–Crippen LogP) is 5.28. The number of carbonyl (C=O) groups is 2. The molecule has 0 saturated carbocycles. The largest absolute Gasteiger partial charge is 0.478 e. The van der Waals surface area contributed by atoms with Gasteiger partial charge in [0.05, 0.1) is 22.2 Å². The molecule has 0 fully saturated rings. The molecule has 0 aliphatic rings. The summed E-state index contributed by atoms with van der Waals surface area (Å²) in [6.07, 6.45) is 1.44. The summed E-state index contributed by atoms with van der Waals surface area (Å²) in [6, 6.07) is 11.8. The number of esters is 1. The molecular formula is C20H15Cl2NO4. The Kier molecular flexibility index (Phi) is 5.54. The van der Waals surface area contributed by atoms with E-state index in [-0.39, 0.29) is 17.9 Å². The van der Waals surface area contributed by atoms with Gasteiger partial charge in [0.15, 0.2) is 0 Å². The minimum absolute atomic E-state index is 0.0353. The standard InChI is InChI=1S/C20H15Cl2NO4/c1-2-27-20(26)18-14(13-9-15(21)16(22)10-17(13)23-18)8-12(19(24)25)11-6-4-3-5-7-11/h3-10,23H,2H2,1H3,(H,24,25). The van der Waals surface area contributed by atoms with Gasteiger partial charge in [-0.3, -0.25) is 0 Å². The number of benzene rings is 2. The van der Waals surface area contributed by atoms with Gasteiger partial charge in [-0.05, 0) is 30.7 Å². The Bertz CT molecular complexity index is 1050.